The second-order valence-corrected chi connectivity index (χ2v) is 7.90. The lowest BCUT2D eigenvalue weighted by molar-refractivity contribution is -0.122. The molecule has 8 nitrogen and oxygen atoms in total. The third-order valence-corrected chi connectivity index (χ3v) is 6.24. The summed E-state index contributed by atoms with van der Waals surface area (Å²) in [6.45, 7) is 1.09. The summed E-state index contributed by atoms with van der Waals surface area (Å²) in [5.41, 5.74) is 1.60. The lowest BCUT2D eigenvalue weighted by Gasteiger charge is -2.24. The van der Waals surface area contributed by atoms with Gasteiger partial charge in [-0.25, -0.2) is 4.79 Å². The number of rotatable bonds is 3. The molecule has 1 N–H and O–H groups in total. The van der Waals surface area contributed by atoms with Gasteiger partial charge in [-0.15, -0.1) is 0 Å². The molecule has 4 heterocycles. The smallest absolute Gasteiger partial charge is 0.337 e. The Kier molecular flexibility index (Phi) is 3.92. The first-order valence-corrected chi connectivity index (χ1v) is 10.2. The Labute approximate surface area is 183 Å². The molecule has 0 aliphatic carbocycles. The molecule has 8 heteroatoms. The molecular formula is C24H18N2O6. The summed E-state index contributed by atoms with van der Waals surface area (Å²) < 4.78 is 17.4. The predicted octanol–water partition coefficient (Wildman–Crippen LogP) is 2.78. The quantitative estimate of drug-likeness (QED) is 0.682. The Morgan fingerprint density at radius 3 is 2.59 bits per heavy atom. The Bertz CT molecular complexity index is 1290. The van der Waals surface area contributed by atoms with Crippen LogP contribution in [0.1, 0.15) is 27.2 Å². The Morgan fingerprint density at radius 2 is 1.78 bits per heavy atom. The summed E-state index contributed by atoms with van der Waals surface area (Å²) in [5, 5.41) is 9.56. The van der Waals surface area contributed by atoms with E-state index in [4.69, 9.17) is 14.2 Å². The van der Waals surface area contributed by atoms with E-state index in [1.807, 2.05) is 30.3 Å². The van der Waals surface area contributed by atoms with Crippen molar-refractivity contribution in [3.63, 3.8) is 0 Å². The molecular weight excluding hydrogens is 412 g/mol. The molecule has 3 aliphatic rings. The van der Waals surface area contributed by atoms with Crippen LogP contribution in [0, 0.1) is 0 Å². The molecule has 32 heavy (non-hydrogen) atoms. The van der Waals surface area contributed by atoms with Gasteiger partial charge in [0.15, 0.2) is 11.5 Å². The maximum atomic E-state index is 14.0. The van der Waals surface area contributed by atoms with Crippen molar-refractivity contribution in [1.29, 1.82) is 0 Å². The van der Waals surface area contributed by atoms with E-state index >= 15 is 0 Å². The number of anilines is 1. The van der Waals surface area contributed by atoms with Gasteiger partial charge in [0.25, 0.3) is 0 Å². The van der Waals surface area contributed by atoms with E-state index < -0.39 is 11.4 Å². The standard InChI is InChI=1S/C24H18N2O6/c27-22(28)14-4-3-7-25-17(14)12-26-18-6-2-1-5-15(18)24(23(26)29)13-32-19-11-21-20(10-16(19)24)30-8-9-31-21/h1-7,10-11H,8-9,12-13H2,(H,27,28). The van der Waals surface area contributed by atoms with Gasteiger partial charge in [-0.3, -0.25) is 9.78 Å². The summed E-state index contributed by atoms with van der Waals surface area (Å²) in [4.78, 5) is 31.5. The maximum Gasteiger partial charge on any atom is 0.337 e. The van der Waals surface area contributed by atoms with Crippen molar-refractivity contribution in [2.24, 2.45) is 0 Å². The molecule has 0 radical (unpaired) electrons. The fraction of sp³-hybridized carbons (Fsp3) is 0.208. The third kappa shape index (κ3) is 2.46. The van der Waals surface area contributed by atoms with E-state index in [1.54, 1.807) is 17.0 Å². The summed E-state index contributed by atoms with van der Waals surface area (Å²) >= 11 is 0. The summed E-state index contributed by atoms with van der Waals surface area (Å²) in [7, 11) is 0. The topological polar surface area (TPSA) is 98.2 Å². The highest BCUT2D eigenvalue weighted by molar-refractivity contribution is 6.11. The van der Waals surface area contributed by atoms with Gasteiger partial charge in [0.05, 0.1) is 17.8 Å². The number of ether oxygens (including phenoxy) is 3. The van der Waals surface area contributed by atoms with Crippen LogP contribution in [-0.2, 0) is 16.8 Å². The fourth-order valence-electron chi connectivity index (χ4n) is 4.78. The van der Waals surface area contributed by atoms with Crippen LogP contribution in [0.25, 0.3) is 0 Å². The van der Waals surface area contributed by atoms with Crippen molar-refractivity contribution < 1.29 is 28.9 Å². The van der Waals surface area contributed by atoms with Gasteiger partial charge >= 0.3 is 5.97 Å². The minimum absolute atomic E-state index is 0.0416. The van der Waals surface area contributed by atoms with E-state index in [2.05, 4.69) is 4.98 Å². The number of hydrogen-bond acceptors (Lipinski definition) is 6. The van der Waals surface area contributed by atoms with Crippen LogP contribution >= 0.6 is 0 Å². The fourth-order valence-corrected chi connectivity index (χ4v) is 4.78. The number of aromatic carboxylic acids is 1. The monoisotopic (exact) mass is 430 g/mol. The van der Waals surface area contributed by atoms with Crippen LogP contribution in [-0.4, -0.2) is 41.8 Å². The molecule has 3 aliphatic heterocycles. The molecule has 1 unspecified atom stereocenters. The third-order valence-electron chi connectivity index (χ3n) is 6.24. The van der Waals surface area contributed by atoms with Crippen molar-refractivity contribution in [2.75, 3.05) is 24.7 Å². The SMILES string of the molecule is O=C(O)c1cccnc1CN1C(=O)C2(COc3cc4c(cc32)OCCO4)c2ccccc21. The molecule has 0 saturated carbocycles. The molecule has 1 aromatic heterocycles. The molecule has 3 aromatic rings. The first kappa shape index (κ1) is 18.7. The number of carboxylic acids is 1. The highest BCUT2D eigenvalue weighted by Crippen LogP contribution is 2.55. The lowest BCUT2D eigenvalue weighted by atomic mass is 9.77. The average molecular weight is 430 g/mol. The van der Waals surface area contributed by atoms with Gasteiger partial charge in [0.1, 0.15) is 31.0 Å². The molecule has 6 rings (SSSR count). The minimum atomic E-state index is -1.08. The lowest BCUT2D eigenvalue weighted by Crippen LogP contribution is -2.42. The minimum Gasteiger partial charge on any atom is -0.491 e. The zero-order chi connectivity index (χ0) is 21.9. The zero-order valence-corrected chi connectivity index (χ0v) is 16.9. The van der Waals surface area contributed by atoms with Crippen molar-refractivity contribution in [3.8, 4) is 17.2 Å². The molecule has 0 bridgehead atoms. The van der Waals surface area contributed by atoms with Crippen LogP contribution < -0.4 is 19.1 Å². The Hall–Kier alpha value is -4.07. The number of pyridine rings is 1. The number of carbonyl (C=O) groups is 2. The number of carbonyl (C=O) groups excluding carboxylic acids is 1. The van der Waals surface area contributed by atoms with Gasteiger partial charge in [0, 0.05) is 23.5 Å². The number of benzene rings is 2. The van der Waals surface area contributed by atoms with E-state index in [0.717, 1.165) is 11.1 Å². The largest absolute Gasteiger partial charge is 0.491 e. The average Bonchev–Trinajstić information content (AvgIpc) is 3.30. The molecule has 1 atom stereocenters. The molecule has 1 amide bonds. The second-order valence-electron chi connectivity index (χ2n) is 7.90. The van der Waals surface area contributed by atoms with Gasteiger partial charge in [0.2, 0.25) is 5.91 Å². The number of carboxylic acid groups (broad SMARTS) is 1. The molecule has 2 aromatic carbocycles. The summed E-state index contributed by atoms with van der Waals surface area (Å²) in [5.74, 6) is 0.504. The van der Waals surface area contributed by atoms with Crippen molar-refractivity contribution in [1.82, 2.24) is 4.98 Å². The molecule has 0 fully saturated rings. The van der Waals surface area contributed by atoms with Crippen LogP contribution in [0.3, 0.4) is 0 Å². The van der Waals surface area contributed by atoms with Crippen molar-refractivity contribution in [2.45, 2.75) is 12.0 Å². The normalized spacial score (nSPS) is 20.1. The molecule has 0 saturated heterocycles. The van der Waals surface area contributed by atoms with Crippen LogP contribution in [0.2, 0.25) is 0 Å². The predicted molar refractivity (Wildman–Crippen MR) is 113 cm³/mol. The Balaban J connectivity index is 1.49. The van der Waals surface area contributed by atoms with Crippen LogP contribution in [0.4, 0.5) is 5.69 Å². The van der Waals surface area contributed by atoms with E-state index in [0.29, 0.717) is 41.8 Å². The molecule has 160 valence electrons. The number of fused-ring (bicyclic) bond motifs is 5. The van der Waals surface area contributed by atoms with Crippen LogP contribution in [0.5, 0.6) is 17.2 Å². The summed E-state index contributed by atoms with van der Waals surface area (Å²) in [6, 6.07) is 14.2. The number of hydrogen-bond donors (Lipinski definition) is 1. The van der Waals surface area contributed by atoms with E-state index in [9.17, 15) is 14.7 Å². The number of aromatic nitrogens is 1. The first-order valence-electron chi connectivity index (χ1n) is 10.2. The van der Waals surface area contributed by atoms with Gasteiger partial charge in [-0.2, -0.15) is 0 Å². The van der Waals surface area contributed by atoms with E-state index in [-0.39, 0.29) is 24.6 Å². The highest BCUT2D eigenvalue weighted by atomic mass is 16.6. The number of amides is 1. The number of para-hydroxylation sites is 1. The maximum absolute atomic E-state index is 14.0. The highest BCUT2D eigenvalue weighted by Gasteiger charge is 2.57. The summed E-state index contributed by atoms with van der Waals surface area (Å²) in [6.07, 6.45) is 1.53. The van der Waals surface area contributed by atoms with E-state index in [1.165, 1.54) is 12.3 Å². The van der Waals surface area contributed by atoms with Crippen molar-refractivity contribution in [3.05, 3.63) is 77.1 Å². The van der Waals surface area contributed by atoms with Crippen molar-refractivity contribution >= 4 is 17.6 Å². The molecule has 1 spiro atoms. The van der Waals surface area contributed by atoms with Crippen LogP contribution in [0.15, 0.2) is 54.7 Å². The van der Waals surface area contributed by atoms with Gasteiger partial charge in [-0.1, -0.05) is 18.2 Å². The van der Waals surface area contributed by atoms with Gasteiger partial charge < -0.3 is 24.2 Å². The zero-order valence-electron chi connectivity index (χ0n) is 16.9. The number of nitrogens with zero attached hydrogens (tertiary/aromatic N) is 2. The first-order chi connectivity index (χ1) is 15.6. The Morgan fingerprint density at radius 1 is 1.00 bits per heavy atom. The van der Waals surface area contributed by atoms with Gasteiger partial charge in [-0.05, 0) is 29.8 Å². The second kappa shape index (κ2) is 6.71.